The molecule has 0 heterocycles. The topological polar surface area (TPSA) is 61.9 Å². The van der Waals surface area contributed by atoms with Crippen molar-refractivity contribution in [3.05, 3.63) is 35.6 Å². The number of hydrogen-bond donors (Lipinski definition) is 2. The third kappa shape index (κ3) is 2.94. The van der Waals surface area contributed by atoms with Crippen molar-refractivity contribution in [1.82, 2.24) is 4.90 Å². The molecule has 1 aromatic carbocycles. The molecule has 2 unspecified atom stereocenters. The van der Waals surface area contributed by atoms with Gasteiger partial charge in [-0.3, -0.25) is 4.90 Å². The number of hydrogen-bond acceptors (Lipinski definition) is 3. The minimum absolute atomic E-state index is 0.107. The first kappa shape index (κ1) is 13.4. The van der Waals surface area contributed by atoms with E-state index in [4.69, 9.17) is 10.9 Å². The van der Waals surface area contributed by atoms with Gasteiger partial charge in [0.2, 0.25) is 0 Å². The van der Waals surface area contributed by atoms with Crippen molar-refractivity contribution in [2.75, 3.05) is 7.05 Å². The minimum Gasteiger partial charge on any atom is -0.409 e. The lowest BCUT2D eigenvalue weighted by atomic mass is 10.1. The second-order valence-corrected chi connectivity index (χ2v) is 4.06. The van der Waals surface area contributed by atoms with Crippen molar-refractivity contribution in [2.24, 2.45) is 10.9 Å². The van der Waals surface area contributed by atoms with E-state index in [9.17, 15) is 4.39 Å². The molecule has 0 saturated heterocycles. The summed E-state index contributed by atoms with van der Waals surface area (Å²) in [5.74, 6) is -0.144. The zero-order chi connectivity index (χ0) is 13.0. The van der Waals surface area contributed by atoms with Gasteiger partial charge in [0.15, 0.2) is 5.84 Å². The van der Waals surface area contributed by atoms with Crippen molar-refractivity contribution < 1.29 is 9.60 Å². The van der Waals surface area contributed by atoms with Crippen molar-refractivity contribution in [3.63, 3.8) is 0 Å². The predicted molar refractivity (Wildman–Crippen MR) is 65.4 cm³/mol. The van der Waals surface area contributed by atoms with E-state index >= 15 is 0 Å². The van der Waals surface area contributed by atoms with Gasteiger partial charge in [-0.15, -0.1) is 0 Å². The Morgan fingerprint density at radius 1 is 1.41 bits per heavy atom. The summed E-state index contributed by atoms with van der Waals surface area (Å²) in [6, 6.07) is 6.17. The van der Waals surface area contributed by atoms with Crippen LogP contribution < -0.4 is 5.73 Å². The number of amidine groups is 1. The fourth-order valence-corrected chi connectivity index (χ4v) is 1.66. The van der Waals surface area contributed by atoms with Gasteiger partial charge in [0.25, 0.3) is 0 Å². The Morgan fingerprint density at radius 3 is 2.53 bits per heavy atom. The van der Waals surface area contributed by atoms with E-state index < -0.39 is 0 Å². The van der Waals surface area contributed by atoms with Crippen molar-refractivity contribution in [2.45, 2.75) is 25.9 Å². The second-order valence-electron chi connectivity index (χ2n) is 4.06. The molecule has 0 spiro atoms. The molecule has 17 heavy (non-hydrogen) atoms. The van der Waals surface area contributed by atoms with Crippen molar-refractivity contribution in [1.29, 1.82) is 0 Å². The Kier molecular flexibility index (Phi) is 4.45. The molecule has 0 radical (unpaired) electrons. The first-order valence-corrected chi connectivity index (χ1v) is 5.42. The second kappa shape index (κ2) is 5.63. The molecule has 0 aliphatic rings. The largest absolute Gasteiger partial charge is 0.409 e. The molecule has 0 bridgehead atoms. The van der Waals surface area contributed by atoms with Gasteiger partial charge in [-0.05, 0) is 27.0 Å². The number of likely N-dealkylation sites (N-methyl/N-ethyl adjacent to an activating group) is 1. The monoisotopic (exact) mass is 239 g/mol. The Bertz CT molecular complexity index is 408. The van der Waals surface area contributed by atoms with Gasteiger partial charge >= 0.3 is 0 Å². The summed E-state index contributed by atoms with van der Waals surface area (Å²) in [6.45, 7) is 3.67. The Hall–Kier alpha value is -1.62. The predicted octanol–water partition coefficient (Wildman–Crippen LogP) is 1.95. The summed E-state index contributed by atoms with van der Waals surface area (Å²) < 4.78 is 13.6. The van der Waals surface area contributed by atoms with Crippen LogP contribution in [0.5, 0.6) is 0 Å². The van der Waals surface area contributed by atoms with Crippen LogP contribution in [0.15, 0.2) is 29.4 Å². The number of halogens is 1. The molecule has 1 aromatic rings. The fraction of sp³-hybridized carbons (Fsp3) is 0.417. The number of benzene rings is 1. The lowest BCUT2D eigenvalue weighted by Crippen LogP contribution is -2.41. The first-order chi connectivity index (χ1) is 7.99. The van der Waals surface area contributed by atoms with Crippen LogP contribution >= 0.6 is 0 Å². The van der Waals surface area contributed by atoms with Gasteiger partial charge in [0.1, 0.15) is 5.82 Å². The summed E-state index contributed by atoms with van der Waals surface area (Å²) in [7, 11) is 1.81. The van der Waals surface area contributed by atoms with Crippen LogP contribution in [0, 0.1) is 5.82 Å². The highest BCUT2D eigenvalue weighted by atomic mass is 19.1. The molecule has 1 rings (SSSR count). The molecule has 94 valence electrons. The van der Waals surface area contributed by atoms with Crippen LogP contribution in [0.2, 0.25) is 0 Å². The van der Waals surface area contributed by atoms with E-state index in [1.54, 1.807) is 32.2 Å². The van der Waals surface area contributed by atoms with E-state index in [2.05, 4.69) is 5.16 Å². The smallest absolute Gasteiger partial charge is 0.156 e. The average Bonchev–Trinajstić information content (AvgIpc) is 2.35. The van der Waals surface area contributed by atoms with Crippen LogP contribution in [0.25, 0.3) is 0 Å². The van der Waals surface area contributed by atoms with Gasteiger partial charge < -0.3 is 10.9 Å². The maximum absolute atomic E-state index is 13.6. The van der Waals surface area contributed by atoms with E-state index in [1.807, 2.05) is 11.8 Å². The van der Waals surface area contributed by atoms with Crippen LogP contribution in [0.3, 0.4) is 0 Å². The molecule has 0 fully saturated rings. The van der Waals surface area contributed by atoms with E-state index in [0.29, 0.717) is 5.56 Å². The summed E-state index contributed by atoms with van der Waals surface area (Å²) in [5.41, 5.74) is 6.13. The molecule has 5 heteroatoms. The minimum atomic E-state index is -0.269. The van der Waals surface area contributed by atoms with Gasteiger partial charge in [0, 0.05) is 11.6 Å². The third-order valence-corrected chi connectivity index (χ3v) is 3.12. The summed E-state index contributed by atoms with van der Waals surface area (Å²) >= 11 is 0. The highest BCUT2D eigenvalue weighted by Crippen LogP contribution is 2.23. The van der Waals surface area contributed by atoms with E-state index in [1.165, 1.54) is 6.07 Å². The normalized spacial score (nSPS) is 15.9. The van der Waals surface area contributed by atoms with Crippen LogP contribution in [0.1, 0.15) is 25.5 Å². The lowest BCUT2D eigenvalue weighted by molar-refractivity contribution is 0.228. The van der Waals surface area contributed by atoms with Crippen LogP contribution in [-0.2, 0) is 0 Å². The van der Waals surface area contributed by atoms with Gasteiger partial charge in [-0.25, -0.2) is 4.39 Å². The molecule has 3 N–H and O–H groups in total. The zero-order valence-corrected chi connectivity index (χ0v) is 10.3. The zero-order valence-electron chi connectivity index (χ0n) is 10.3. The van der Waals surface area contributed by atoms with Gasteiger partial charge in [0.05, 0.1) is 6.04 Å². The summed E-state index contributed by atoms with van der Waals surface area (Å²) in [4.78, 5) is 1.84. The highest BCUT2D eigenvalue weighted by molar-refractivity contribution is 5.84. The maximum Gasteiger partial charge on any atom is 0.156 e. The first-order valence-electron chi connectivity index (χ1n) is 5.42. The molecule has 0 aromatic heterocycles. The van der Waals surface area contributed by atoms with Crippen molar-refractivity contribution >= 4 is 5.84 Å². The molecule has 0 amide bonds. The van der Waals surface area contributed by atoms with Crippen LogP contribution in [-0.4, -0.2) is 29.0 Å². The quantitative estimate of drug-likeness (QED) is 0.365. The highest BCUT2D eigenvalue weighted by Gasteiger charge is 2.22. The molecule has 4 nitrogen and oxygen atoms in total. The van der Waals surface area contributed by atoms with E-state index in [-0.39, 0.29) is 23.7 Å². The van der Waals surface area contributed by atoms with E-state index in [0.717, 1.165) is 0 Å². The average molecular weight is 239 g/mol. The van der Waals surface area contributed by atoms with Crippen LogP contribution in [0.4, 0.5) is 4.39 Å². The molecule has 0 saturated carbocycles. The lowest BCUT2D eigenvalue weighted by Gasteiger charge is -2.30. The molecular formula is C12H18FN3O. The number of nitrogens with zero attached hydrogens (tertiary/aromatic N) is 2. The SMILES string of the molecule is CC(C(N)=NO)N(C)C(C)c1ccccc1F. The maximum atomic E-state index is 13.6. The third-order valence-electron chi connectivity index (χ3n) is 3.12. The number of rotatable bonds is 4. The van der Waals surface area contributed by atoms with Crippen molar-refractivity contribution in [3.8, 4) is 0 Å². The fourth-order valence-electron chi connectivity index (χ4n) is 1.66. The molecule has 0 aliphatic heterocycles. The summed E-state index contributed by atoms with van der Waals surface area (Å²) in [5, 5.41) is 11.6. The molecular weight excluding hydrogens is 221 g/mol. The Labute approximate surface area is 101 Å². The van der Waals surface area contributed by atoms with Gasteiger partial charge in [-0.2, -0.15) is 0 Å². The number of nitrogens with two attached hydrogens (primary N) is 1. The Morgan fingerprint density at radius 2 is 2.00 bits per heavy atom. The molecule has 2 atom stereocenters. The summed E-state index contributed by atoms with van der Waals surface area (Å²) in [6.07, 6.45) is 0. The Balaban J connectivity index is 2.90. The number of oxime groups is 1. The molecule has 0 aliphatic carbocycles. The van der Waals surface area contributed by atoms with Gasteiger partial charge in [-0.1, -0.05) is 23.4 Å². The standard InChI is InChI=1S/C12H18FN3O/c1-8(10-6-4-5-7-11(10)13)16(3)9(2)12(14)15-17/h4-9,17H,1-3H3,(H2,14,15).